The Labute approximate surface area is 65.5 Å². The first-order valence-electron chi connectivity index (χ1n) is 3.61. The first-order chi connectivity index (χ1) is 4.30. The summed E-state index contributed by atoms with van der Waals surface area (Å²) in [4.78, 5) is 0.719. The summed E-state index contributed by atoms with van der Waals surface area (Å²) in [6.45, 7) is 2.27. The monoisotopic (exact) mass is 188 g/mol. The molecular formula is C8H13Br. The minimum atomic E-state index is 0.719. The minimum absolute atomic E-state index is 0.719. The minimum Gasteiger partial charge on any atom is -0.0884 e. The van der Waals surface area contributed by atoms with Crippen LogP contribution in [0.15, 0.2) is 12.2 Å². The van der Waals surface area contributed by atoms with Crippen LogP contribution >= 0.6 is 15.9 Å². The van der Waals surface area contributed by atoms with E-state index in [-0.39, 0.29) is 0 Å². The molecule has 0 saturated carbocycles. The molecule has 0 radical (unpaired) electrons. The van der Waals surface area contributed by atoms with Crippen molar-refractivity contribution in [2.24, 2.45) is 5.92 Å². The summed E-state index contributed by atoms with van der Waals surface area (Å²) in [7, 11) is 0. The van der Waals surface area contributed by atoms with Crippen LogP contribution in [0.2, 0.25) is 0 Å². The predicted molar refractivity (Wildman–Crippen MR) is 44.9 cm³/mol. The van der Waals surface area contributed by atoms with Crippen LogP contribution in [0.5, 0.6) is 0 Å². The zero-order valence-electron chi connectivity index (χ0n) is 5.81. The Balaban J connectivity index is 2.46. The Morgan fingerprint density at radius 3 is 3.11 bits per heavy atom. The first-order valence-corrected chi connectivity index (χ1v) is 4.53. The Kier molecular flexibility index (Phi) is 2.77. The van der Waals surface area contributed by atoms with E-state index in [0.29, 0.717) is 0 Å². The van der Waals surface area contributed by atoms with Crippen molar-refractivity contribution in [3.05, 3.63) is 12.2 Å². The number of hydrogen-bond donors (Lipinski definition) is 0. The zero-order valence-corrected chi connectivity index (χ0v) is 7.39. The average molecular weight is 189 g/mol. The molecule has 1 heteroatoms. The summed E-state index contributed by atoms with van der Waals surface area (Å²) >= 11 is 3.65. The van der Waals surface area contributed by atoms with E-state index in [2.05, 4.69) is 35.0 Å². The molecule has 1 rings (SSSR count). The van der Waals surface area contributed by atoms with Gasteiger partial charge in [-0.15, -0.1) is 0 Å². The second-order valence-corrected chi connectivity index (χ2v) is 3.91. The third-order valence-electron chi connectivity index (χ3n) is 1.86. The van der Waals surface area contributed by atoms with Crippen molar-refractivity contribution in [2.75, 3.05) is 0 Å². The van der Waals surface area contributed by atoms with E-state index in [9.17, 15) is 0 Å². The van der Waals surface area contributed by atoms with Crippen molar-refractivity contribution in [1.82, 2.24) is 0 Å². The molecule has 9 heavy (non-hydrogen) atoms. The molecule has 0 heterocycles. The van der Waals surface area contributed by atoms with E-state index in [4.69, 9.17) is 0 Å². The average Bonchev–Trinajstić information content (AvgIpc) is 1.99. The highest BCUT2D eigenvalue weighted by molar-refractivity contribution is 9.09. The smallest absolute Gasteiger partial charge is 0.0206 e. The van der Waals surface area contributed by atoms with Gasteiger partial charge in [-0.25, -0.2) is 0 Å². The molecule has 0 aliphatic heterocycles. The van der Waals surface area contributed by atoms with Gasteiger partial charge in [-0.05, 0) is 25.2 Å². The number of rotatable bonds is 0. The molecule has 1 aliphatic rings. The maximum absolute atomic E-state index is 3.65. The van der Waals surface area contributed by atoms with Gasteiger partial charge in [0.05, 0.1) is 0 Å². The molecule has 0 saturated heterocycles. The van der Waals surface area contributed by atoms with Gasteiger partial charge in [-0.2, -0.15) is 0 Å². The number of hydrogen-bond acceptors (Lipinski definition) is 0. The lowest BCUT2D eigenvalue weighted by atomic mass is 10.1. The van der Waals surface area contributed by atoms with Crippen LogP contribution in [0.25, 0.3) is 0 Å². The number of allylic oxidation sites excluding steroid dienone is 2. The Bertz CT molecular complexity index is 107. The summed E-state index contributed by atoms with van der Waals surface area (Å²) in [6.07, 6.45) is 8.55. The normalized spacial score (nSPS) is 36.2. The second-order valence-electron chi connectivity index (χ2n) is 2.73. The van der Waals surface area contributed by atoms with Crippen LogP contribution in [0.4, 0.5) is 0 Å². The van der Waals surface area contributed by atoms with Gasteiger partial charge in [0, 0.05) is 4.83 Å². The van der Waals surface area contributed by atoms with Crippen LogP contribution in [0.3, 0.4) is 0 Å². The van der Waals surface area contributed by atoms with Gasteiger partial charge < -0.3 is 0 Å². The molecule has 1 aliphatic carbocycles. The summed E-state index contributed by atoms with van der Waals surface area (Å²) in [5, 5.41) is 0. The van der Waals surface area contributed by atoms with Crippen LogP contribution in [-0.4, -0.2) is 4.83 Å². The summed E-state index contributed by atoms with van der Waals surface area (Å²) in [5.74, 6) is 0.729. The lowest BCUT2D eigenvalue weighted by Crippen LogP contribution is -2.05. The van der Waals surface area contributed by atoms with E-state index in [0.717, 1.165) is 10.7 Å². The molecule has 0 aromatic heterocycles. The second kappa shape index (κ2) is 3.40. The van der Waals surface area contributed by atoms with Crippen molar-refractivity contribution in [1.29, 1.82) is 0 Å². The van der Waals surface area contributed by atoms with E-state index < -0.39 is 0 Å². The quantitative estimate of drug-likeness (QED) is 0.405. The van der Waals surface area contributed by atoms with Crippen LogP contribution < -0.4 is 0 Å². The first kappa shape index (κ1) is 7.33. The van der Waals surface area contributed by atoms with Crippen molar-refractivity contribution in [3.8, 4) is 0 Å². The number of alkyl halides is 1. The summed E-state index contributed by atoms with van der Waals surface area (Å²) in [5.41, 5.74) is 0. The van der Waals surface area contributed by atoms with Gasteiger partial charge in [0.15, 0.2) is 0 Å². The molecule has 0 fully saturated rings. The standard InChI is InChI=1S/C8H13Br/c1-7-5-3-2-4-6-8(7)9/h3,5,7-8H,2,4,6H2,1H3/t7-,8-/m1/s1. The zero-order chi connectivity index (χ0) is 6.69. The summed E-state index contributed by atoms with van der Waals surface area (Å²) < 4.78 is 0. The van der Waals surface area contributed by atoms with Crippen LogP contribution in [-0.2, 0) is 0 Å². The molecule has 0 aromatic carbocycles. The molecule has 2 atom stereocenters. The Hall–Kier alpha value is 0.220. The van der Waals surface area contributed by atoms with Gasteiger partial charge in [0.1, 0.15) is 0 Å². The predicted octanol–water partition coefficient (Wildman–Crippen LogP) is 3.13. The van der Waals surface area contributed by atoms with E-state index in [1.54, 1.807) is 0 Å². The highest BCUT2D eigenvalue weighted by atomic mass is 79.9. The van der Waals surface area contributed by atoms with Crippen LogP contribution in [0, 0.1) is 5.92 Å². The highest BCUT2D eigenvalue weighted by Crippen LogP contribution is 2.23. The van der Waals surface area contributed by atoms with E-state index in [1.807, 2.05) is 0 Å². The van der Waals surface area contributed by atoms with Gasteiger partial charge in [-0.3, -0.25) is 0 Å². The molecule has 0 unspecified atom stereocenters. The number of halogens is 1. The van der Waals surface area contributed by atoms with Crippen molar-refractivity contribution >= 4 is 15.9 Å². The van der Waals surface area contributed by atoms with Crippen molar-refractivity contribution in [2.45, 2.75) is 31.0 Å². The molecular weight excluding hydrogens is 176 g/mol. The largest absolute Gasteiger partial charge is 0.0884 e. The molecule has 0 amide bonds. The third-order valence-corrected chi connectivity index (χ3v) is 3.15. The molecule has 0 aromatic rings. The topological polar surface area (TPSA) is 0 Å². The van der Waals surface area contributed by atoms with Crippen LogP contribution in [0.1, 0.15) is 26.2 Å². The van der Waals surface area contributed by atoms with Gasteiger partial charge in [0.25, 0.3) is 0 Å². The van der Waals surface area contributed by atoms with Gasteiger partial charge in [0.2, 0.25) is 0 Å². The fourth-order valence-electron chi connectivity index (χ4n) is 1.13. The van der Waals surface area contributed by atoms with Crippen molar-refractivity contribution in [3.63, 3.8) is 0 Å². The molecule has 52 valence electrons. The third kappa shape index (κ3) is 2.13. The maximum Gasteiger partial charge on any atom is 0.0206 e. The van der Waals surface area contributed by atoms with Gasteiger partial charge >= 0.3 is 0 Å². The molecule has 0 nitrogen and oxygen atoms in total. The Morgan fingerprint density at radius 1 is 1.56 bits per heavy atom. The molecule has 0 spiro atoms. The highest BCUT2D eigenvalue weighted by Gasteiger charge is 2.11. The summed E-state index contributed by atoms with van der Waals surface area (Å²) in [6, 6.07) is 0. The fourth-order valence-corrected chi connectivity index (χ4v) is 1.62. The van der Waals surface area contributed by atoms with E-state index in [1.165, 1.54) is 19.3 Å². The Morgan fingerprint density at radius 2 is 2.33 bits per heavy atom. The SMILES string of the molecule is C[C@@H]1C=CCCC[C@H]1Br. The van der Waals surface area contributed by atoms with Gasteiger partial charge in [-0.1, -0.05) is 35.0 Å². The molecule has 0 bridgehead atoms. The van der Waals surface area contributed by atoms with E-state index >= 15 is 0 Å². The lowest BCUT2D eigenvalue weighted by molar-refractivity contribution is 0.632. The fraction of sp³-hybridized carbons (Fsp3) is 0.750. The molecule has 0 N–H and O–H groups in total. The van der Waals surface area contributed by atoms with Crippen molar-refractivity contribution < 1.29 is 0 Å². The lowest BCUT2D eigenvalue weighted by Gasteiger charge is -2.10. The maximum atomic E-state index is 3.65.